The minimum absolute atomic E-state index is 0.365. The minimum Gasteiger partial charge on any atom is -0.295 e. The first-order chi connectivity index (χ1) is 9.17. The summed E-state index contributed by atoms with van der Waals surface area (Å²) in [6.45, 7) is 2.53. The molecule has 1 nitrogen and oxygen atoms in total. The molecule has 102 valence electrons. The summed E-state index contributed by atoms with van der Waals surface area (Å²) in [5, 5.41) is 0. The standard InChI is InChI=1S/C18H24O/c1-18-9-2-3-17(18)16-6-4-12-11-13(19)5-7-14(12)15(16)8-10-18/h6,11,14-15,17H,2-5,7-10H2,1H3/t14?,15-,17+,18+/m1/s1. The maximum Gasteiger partial charge on any atom is 0.155 e. The van der Waals surface area contributed by atoms with Crippen molar-refractivity contribution in [1.29, 1.82) is 0 Å². The third kappa shape index (κ3) is 1.70. The van der Waals surface area contributed by atoms with Crippen LogP contribution < -0.4 is 0 Å². The van der Waals surface area contributed by atoms with Crippen molar-refractivity contribution in [3.8, 4) is 0 Å². The molecule has 2 saturated carbocycles. The lowest BCUT2D eigenvalue weighted by Crippen LogP contribution is -2.38. The van der Waals surface area contributed by atoms with E-state index in [9.17, 15) is 4.79 Å². The molecule has 0 saturated heterocycles. The van der Waals surface area contributed by atoms with E-state index in [0.29, 0.717) is 17.1 Å². The van der Waals surface area contributed by atoms with Gasteiger partial charge in [0.2, 0.25) is 0 Å². The molecule has 0 aliphatic heterocycles. The first kappa shape index (κ1) is 11.9. The highest BCUT2D eigenvalue weighted by Gasteiger charge is 2.49. The Hall–Kier alpha value is -0.850. The fourth-order valence-electron chi connectivity index (χ4n) is 5.51. The van der Waals surface area contributed by atoms with Crippen LogP contribution in [0.15, 0.2) is 23.3 Å². The molecule has 4 rings (SSSR count). The highest BCUT2D eigenvalue weighted by atomic mass is 16.1. The second-order valence-corrected chi connectivity index (χ2v) is 7.48. The van der Waals surface area contributed by atoms with E-state index in [-0.39, 0.29) is 0 Å². The summed E-state index contributed by atoms with van der Waals surface area (Å²) in [5.41, 5.74) is 3.85. The minimum atomic E-state index is 0.365. The van der Waals surface area contributed by atoms with Crippen molar-refractivity contribution in [2.45, 2.75) is 58.3 Å². The Bertz CT molecular complexity index is 484. The van der Waals surface area contributed by atoms with E-state index in [1.165, 1.54) is 37.7 Å². The monoisotopic (exact) mass is 256 g/mol. The van der Waals surface area contributed by atoms with Gasteiger partial charge in [-0.15, -0.1) is 0 Å². The largest absolute Gasteiger partial charge is 0.295 e. The lowest BCUT2D eigenvalue weighted by molar-refractivity contribution is -0.115. The number of hydrogen-bond acceptors (Lipinski definition) is 1. The lowest BCUT2D eigenvalue weighted by Gasteiger charge is -2.48. The molecule has 0 radical (unpaired) electrons. The van der Waals surface area contributed by atoms with E-state index in [1.807, 2.05) is 6.08 Å². The smallest absolute Gasteiger partial charge is 0.155 e. The maximum atomic E-state index is 11.6. The van der Waals surface area contributed by atoms with Crippen LogP contribution in [0, 0.1) is 23.2 Å². The SMILES string of the molecule is C[C@@]12CCC[C@H]1C1=CCC3=CC(=O)CCC3[C@H]1CC2. The van der Waals surface area contributed by atoms with Crippen molar-refractivity contribution in [2.24, 2.45) is 23.2 Å². The summed E-state index contributed by atoms with van der Waals surface area (Å²) in [5.74, 6) is 2.72. The molecule has 0 amide bonds. The molecule has 2 fully saturated rings. The van der Waals surface area contributed by atoms with Crippen molar-refractivity contribution in [1.82, 2.24) is 0 Å². The van der Waals surface area contributed by atoms with E-state index in [0.717, 1.165) is 31.1 Å². The average Bonchev–Trinajstić information content (AvgIpc) is 2.79. The molecule has 19 heavy (non-hydrogen) atoms. The van der Waals surface area contributed by atoms with Crippen LogP contribution >= 0.6 is 0 Å². The fourth-order valence-corrected chi connectivity index (χ4v) is 5.51. The Kier molecular flexibility index (Phi) is 2.56. The Morgan fingerprint density at radius 1 is 1.16 bits per heavy atom. The van der Waals surface area contributed by atoms with Crippen molar-refractivity contribution in [3.63, 3.8) is 0 Å². The van der Waals surface area contributed by atoms with Crippen molar-refractivity contribution >= 4 is 5.78 Å². The molecule has 0 aromatic rings. The highest BCUT2D eigenvalue weighted by molar-refractivity contribution is 5.91. The number of allylic oxidation sites excluding steroid dienone is 4. The van der Waals surface area contributed by atoms with Gasteiger partial charge in [0.25, 0.3) is 0 Å². The van der Waals surface area contributed by atoms with E-state index < -0.39 is 0 Å². The van der Waals surface area contributed by atoms with Crippen LogP contribution in [-0.4, -0.2) is 5.78 Å². The fraction of sp³-hybridized carbons (Fsp3) is 0.722. The summed E-state index contributed by atoms with van der Waals surface area (Å²) in [7, 11) is 0. The zero-order chi connectivity index (χ0) is 13.0. The molecular weight excluding hydrogens is 232 g/mol. The van der Waals surface area contributed by atoms with Crippen LogP contribution in [0.5, 0.6) is 0 Å². The summed E-state index contributed by atoms with van der Waals surface area (Å²) in [6.07, 6.45) is 14.5. The number of carbonyl (C=O) groups excluding carboxylic acids is 1. The Labute approximate surface area is 116 Å². The third-order valence-corrected chi connectivity index (χ3v) is 6.52. The summed E-state index contributed by atoms with van der Waals surface area (Å²) < 4.78 is 0. The predicted molar refractivity (Wildman–Crippen MR) is 76.7 cm³/mol. The molecule has 0 bridgehead atoms. The van der Waals surface area contributed by atoms with E-state index in [2.05, 4.69) is 13.0 Å². The normalized spacial score (nSPS) is 44.9. The predicted octanol–water partition coefficient (Wildman–Crippen LogP) is 4.44. The van der Waals surface area contributed by atoms with Crippen LogP contribution in [0.3, 0.4) is 0 Å². The zero-order valence-electron chi connectivity index (χ0n) is 12.0. The van der Waals surface area contributed by atoms with Gasteiger partial charge in [-0.1, -0.05) is 30.6 Å². The first-order valence-electron chi connectivity index (χ1n) is 8.11. The first-order valence-corrected chi connectivity index (χ1v) is 8.11. The summed E-state index contributed by atoms with van der Waals surface area (Å²) in [6, 6.07) is 0. The number of hydrogen-bond donors (Lipinski definition) is 0. The Balaban J connectivity index is 1.71. The molecule has 4 aliphatic rings. The maximum absolute atomic E-state index is 11.6. The molecule has 0 aromatic heterocycles. The molecule has 1 heteroatoms. The molecule has 0 aromatic carbocycles. The van der Waals surface area contributed by atoms with Gasteiger partial charge < -0.3 is 0 Å². The zero-order valence-corrected chi connectivity index (χ0v) is 12.0. The third-order valence-electron chi connectivity index (χ3n) is 6.52. The molecule has 0 heterocycles. The quantitative estimate of drug-likeness (QED) is 0.586. The Morgan fingerprint density at radius 2 is 2.05 bits per heavy atom. The molecular formula is C18H24O. The van der Waals surface area contributed by atoms with Crippen LogP contribution in [-0.2, 0) is 4.79 Å². The molecule has 1 unspecified atom stereocenters. The lowest BCUT2D eigenvalue weighted by atomic mass is 9.56. The Morgan fingerprint density at radius 3 is 2.95 bits per heavy atom. The summed E-state index contributed by atoms with van der Waals surface area (Å²) in [4.78, 5) is 11.6. The molecule has 0 N–H and O–H groups in total. The topological polar surface area (TPSA) is 17.1 Å². The van der Waals surface area contributed by atoms with Gasteiger partial charge in [-0.05, 0) is 67.8 Å². The van der Waals surface area contributed by atoms with Crippen molar-refractivity contribution < 1.29 is 4.79 Å². The van der Waals surface area contributed by atoms with E-state index in [4.69, 9.17) is 0 Å². The van der Waals surface area contributed by atoms with Gasteiger partial charge in [-0.2, -0.15) is 0 Å². The number of carbonyl (C=O) groups is 1. The molecule has 4 atom stereocenters. The van der Waals surface area contributed by atoms with Crippen LogP contribution in [0.4, 0.5) is 0 Å². The van der Waals surface area contributed by atoms with Crippen LogP contribution in [0.1, 0.15) is 58.3 Å². The highest BCUT2D eigenvalue weighted by Crippen LogP contribution is 2.59. The van der Waals surface area contributed by atoms with Gasteiger partial charge in [-0.25, -0.2) is 0 Å². The van der Waals surface area contributed by atoms with E-state index in [1.54, 1.807) is 5.57 Å². The van der Waals surface area contributed by atoms with Crippen LogP contribution in [0.2, 0.25) is 0 Å². The second-order valence-electron chi connectivity index (χ2n) is 7.48. The van der Waals surface area contributed by atoms with Gasteiger partial charge in [0.05, 0.1) is 0 Å². The number of fused-ring (bicyclic) bond motifs is 5. The second kappa shape index (κ2) is 4.07. The van der Waals surface area contributed by atoms with Crippen LogP contribution in [0.25, 0.3) is 0 Å². The van der Waals surface area contributed by atoms with E-state index >= 15 is 0 Å². The van der Waals surface area contributed by atoms with Crippen molar-refractivity contribution in [3.05, 3.63) is 23.3 Å². The molecule has 0 spiro atoms. The number of rotatable bonds is 0. The van der Waals surface area contributed by atoms with Gasteiger partial charge in [0.1, 0.15) is 0 Å². The molecule has 4 aliphatic carbocycles. The van der Waals surface area contributed by atoms with Gasteiger partial charge in [-0.3, -0.25) is 4.79 Å². The summed E-state index contributed by atoms with van der Waals surface area (Å²) >= 11 is 0. The van der Waals surface area contributed by atoms with Crippen molar-refractivity contribution in [2.75, 3.05) is 0 Å². The number of ketones is 1. The van der Waals surface area contributed by atoms with Gasteiger partial charge in [0, 0.05) is 6.42 Å². The average molecular weight is 256 g/mol. The van der Waals surface area contributed by atoms with Gasteiger partial charge in [0.15, 0.2) is 5.78 Å². The van der Waals surface area contributed by atoms with Gasteiger partial charge >= 0.3 is 0 Å².